The molecule has 0 aromatic carbocycles. The van der Waals surface area contributed by atoms with Crippen LogP contribution in [-0.4, -0.2) is 36.4 Å². The molecule has 1 saturated heterocycles. The lowest BCUT2D eigenvalue weighted by molar-refractivity contribution is 0.0264. The molecule has 0 bridgehead atoms. The molecule has 5 heteroatoms. The molecule has 0 radical (unpaired) electrons. The van der Waals surface area contributed by atoms with Crippen LogP contribution in [0, 0.1) is 6.92 Å². The first kappa shape index (κ1) is 11.6. The number of carbonyl (C=O) groups excluding carboxylic acids is 1. The van der Waals surface area contributed by atoms with Crippen LogP contribution in [0.5, 0.6) is 0 Å². The quantitative estimate of drug-likeness (QED) is 0.828. The third kappa shape index (κ3) is 2.42. The van der Waals surface area contributed by atoms with Gasteiger partial charge in [0, 0.05) is 25.0 Å². The van der Waals surface area contributed by atoms with E-state index in [-0.39, 0.29) is 12.5 Å². The summed E-state index contributed by atoms with van der Waals surface area (Å²) in [6.07, 6.45) is 0.579. The van der Waals surface area contributed by atoms with Crippen LogP contribution in [-0.2, 0) is 4.74 Å². The van der Waals surface area contributed by atoms with E-state index in [1.807, 2.05) is 17.7 Å². The lowest BCUT2D eigenvalue weighted by Gasteiger charge is -2.20. The molecule has 4 nitrogen and oxygen atoms in total. The molecule has 1 aromatic heterocycles. The second-order valence-corrected chi connectivity index (χ2v) is 4.92. The summed E-state index contributed by atoms with van der Waals surface area (Å²) >= 11 is 1.50. The summed E-state index contributed by atoms with van der Waals surface area (Å²) in [5, 5.41) is 16.5. The van der Waals surface area contributed by atoms with Crippen LogP contribution in [0.3, 0.4) is 0 Å². The van der Waals surface area contributed by atoms with Gasteiger partial charge < -0.3 is 15.2 Å². The summed E-state index contributed by atoms with van der Waals surface area (Å²) in [5.74, 6) is -0.126. The third-order valence-electron chi connectivity index (χ3n) is 2.76. The second kappa shape index (κ2) is 4.53. The molecule has 1 amide bonds. The van der Waals surface area contributed by atoms with Gasteiger partial charge in [0.15, 0.2) is 0 Å². The molecule has 0 spiro atoms. The van der Waals surface area contributed by atoms with Crippen LogP contribution in [0.2, 0.25) is 0 Å². The molecule has 0 saturated carbocycles. The van der Waals surface area contributed by atoms with Crippen LogP contribution in [0.25, 0.3) is 0 Å². The minimum absolute atomic E-state index is 0.126. The zero-order valence-corrected chi connectivity index (χ0v) is 9.97. The average molecular weight is 241 g/mol. The van der Waals surface area contributed by atoms with E-state index in [2.05, 4.69) is 5.32 Å². The molecule has 2 heterocycles. The van der Waals surface area contributed by atoms with Gasteiger partial charge in [-0.25, -0.2) is 0 Å². The SMILES string of the molecule is Cc1cscc1C(=O)NCC1(O)CCOC1. The van der Waals surface area contributed by atoms with E-state index in [1.165, 1.54) is 11.3 Å². The number of aliphatic hydroxyl groups is 1. The van der Waals surface area contributed by atoms with Crippen molar-refractivity contribution in [1.82, 2.24) is 5.32 Å². The predicted octanol–water partition coefficient (Wildman–Crippen LogP) is 0.938. The Labute approximate surface area is 98.2 Å². The topological polar surface area (TPSA) is 58.6 Å². The van der Waals surface area contributed by atoms with Crippen molar-refractivity contribution in [3.8, 4) is 0 Å². The number of rotatable bonds is 3. The van der Waals surface area contributed by atoms with Gasteiger partial charge in [-0.2, -0.15) is 11.3 Å². The maximum Gasteiger partial charge on any atom is 0.252 e. The Bertz CT molecular complexity index is 382. The summed E-state index contributed by atoms with van der Waals surface area (Å²) in [4.78, 5) is 11.8. The largest absolute Gasteiger partial charge is 0.386 e. The number of ether oxygens (including phenoxy) is 1. The molecule has 1 atom stereocenters. The minimum atomic E-state index is -0.889. The van der Waals surface area contributed by atoms with E-state index in [0.29, 0.717) is 25.2 Å². The number of aryl methyl sites for hydroxylation is 1. The minimum Gasteiger partial charge on any atom is -0.386 e. The molecular formula is C11H15NO3S. The fourth-order valence-electron chi connectivity index (χ4n) is 1.67. The molecule has 0 aliphatic carbocycles. The second-order valence-electron chi connectivity index (χ2n) is 4.18. The maximum absolute atomic E-state index is 11.8. The highest BCUT2D eigenvalue weighted by molar-refractivity contribution is 7.08. The van der Waals surface area contributed by atoms with Crippen LogP contribution < -0.4 is 5.32 Å². The molecule has 1 fully saturated rings. The van der Waals surface area contributed by atoms with Gasteiger partial charge in [-0.3, -0.25) is 4.79 Å². The highest BCUT2D eigenvalue weighted by atomic mass is 32.1. The molecule has 2 rings (SSSR count). The molecule has 16 heavy (non-hydrogen) atoms. The Morgan fingerprint density at radius 2 is 2.50 bits per heavy atom. The lowest BCUT2D eigenvalue weighted by Crippen LogP contribution is -2.43. The van der Waals surface area contributed by atoms with E-state index in [0.717, 1.165) is 5.56 Å². The van der Waals surface area contributed by atoms with Crippen molar-refractivity contribution >= 4 is 17.2 Å². The van der Waals surface area contributed by atoms with Gasteiger partial charge in [0.1, 0.15) is 5.60 Å². The maximum atomic E-state index is 11.8. The highest BCUT2D eigenvalue weighted by Crippen LogP contribution is 2.18. The summed E-state index contributed by atoms with van der Waals surface area (Å²) in [7, 11) is 0. The molecule has 1 aromatic rings. The Morgan fingerprint density at radius 1 is 1.69 bits per heavy atom. The van der Waals surface area contributed by atoms with E-state index in [1.54, 1.807) is 0 Å². The third-order valence-corrected chi connectivity index (χ3v) is 3.62. The molecular weight excluding hydrogens is 226 g/mol. The highest BCUT2D eigenvalue weighted by Gasteiger charge is 2.32. The zero-order chi connectivity index (χ0) is 11.6. The average Bonchev–Trinajstić information content (AvgIpc) is 2.85. The fraction of sp³-hybridized carbons (Fsp3) is 0.545. The van der Waals surface area contributed by atoms with Gasteiger partial charge in [0.2, 0.25) is 0 Å². The van der Waals surface area contributed by atoms with Crippen molar-refractivity contribution in [2.24, 2.45) is 0 Å². The Kier molecular flexibility index (Phi) is 3.28. The van der Waals surface area contributed by atoms with Crippen LogP contribution in [0.15, 0.2) is 10.8 Å². The first-order valence-electron chi connectivity index (χ1n) is 5.22. The van der Waals surface area contributed by atoms with E-state index < -0.39 is 5.60 Å². The molecule has 1 aliphatic rings. The van der Waals surface area contributed by atoms with E-state index in [9.17, 15) is 9.90 Å². The fourth-order valence-corrected chi connectivity index (χ4v) is 2.50. The van der Waals surface area contributed by atoms with Crippen molar-refractivity contribution in [2.75, 3.05) is 19.8 Å². The predicted molar refractivity (Wildman–Crippen MR) is 61.8 cm³/mol. The lowest BCUT2D eigenvalue weighted by atomic mass is 10.0. The Balaban J connectivity index is 1.91. The summed E-state index contributed by atoms with van der Waals surface area (Å²) in [5.41, 5.74) is 0.768. The molecule has 1 unspecified atom stereocenters. The number of hydrogen-bond donors (Lipinski definition) is 2. The normalized spacial score (nSPS) is 24.6. The summed E-state index contributed by atoms with van der Waals surface area (Å²) in [6, 6.07) is 0. The first-order chi connectivity index (χ1) is 7.61. The van der Waals surface area contributed by atoms with Gasteiger partial charge >= 0.3 is 0 Å². The number of thiophene rings is 1. The van der Waals surface area contributed by atoms with Gasteiger partial charge in [-0.1, -0.05) is 0 Å². The standard InChI is InChI=1S/C11H15NO3S/c1-8-4-16-5-9(8)10(13)12-6-11(14)2-3-15-7-11/h4-5,14H,2-3,6-7H2,1H3,(H,12,13). The van der Waals surface area contributed by atoms with Crippen molar-refractivity contribution in [1.29, 1.82) is 0 Å². The van der Waals surface area contributed by atoms with Crippen molar-refractivity contribution in [3.63, 3.8) is 0 Å². The summed E-state index contributed by atoms with van der Waals surface area (Å²) in [6.45, 7) is 3.01. The Hall–Kier alpha value is -0.910. The van der Waals surface area contributed by atoms with Crippen LogP contribution in [0.4, 0.5) is 0 Å². The smallest absolute Gasteiger partial charge is 0.252 e. The van der Waals surface area contributed by atoms with E-state index in [4.69, 9.17) is 4.74 Å². The first-order valence-corrected chi connectivity index (χ1v) is 6.16. The van der Waals surface area contributed by atoms with Gasteiger partial charge in [-0.15, -0.1) is 0 Å². The molecule has 1 aliphatic heterocycles. The molecule has 88 valence electrons. The molecule has 2 N–H and O–H groups in total. The van der Waals surface area contributed by atoms with Crippen molar-refractivity contribution in [2.45, 2.75) is 18.9 Å². The number of nitrogens with one attached hydrogen (secondary N) is 1. The number of hydrogen-bond acceptors (Lipinski definition) is 4. The summed E-state index contributed by atoms with van der Waals surface area (Å²) < 4.78 is 5.11. The Morgan fingerprint density at radius 3 is 3.06 bits per heavy atom. The number of carbonyl (C=O) groups is 1. The van der Waals surface area contributed by atoms with Crippen LogP contribution in [0.1, 0.15) is 22.3 Å². The van der Waals surface area contributed by atoms with E-state index >= 15 is 0 Å². The number of amides is 1. The van der Waals surface area contributed by atoms with Gasteiger partial charge in [0.05, 0.1) is 12.2 Å². The van der Waals surface area contributed by atoms with Crippen LogP contribution >= 0.6 is 11.3 Å². The van der Waals surface area contributed by atoms with Gasteiger partial charge in [0.25, 0.3) is 5.91 Å². The van der Waals surface area contributed by atoms with Gasteiger partial charge in [-0.05, 0) is 17.9 Å². The van der Waals surface area contributed by atoms with Crippen molar-refractivity contribution in [3.05, 3.63) is 21.9 Å². The van der Waals surface area contributed by atoms with Crippen molar-refractivity contribution < 1.29 is 14.6 Å². The zero-order valence-electron chi connectivity index (χ0n) is 9.16. The monoisotopic (exact) mass is 241 g/mol.